The van der Waals surface area contributed by atoms with E-state index in [9.17, 15) is 0 Å². The standard InChI is InChI=1S/2C26H42N6.2Ag/c2*1-3-11-21(12-4-1)25(31-29-19-23-15-7-9-17-27-23)26(22-13-5-2-6-14-22)32-30-20-24-16-8-10-18-28-24;;/h2*19-24H,1-18H2;;/q2*-2;2*+1. The third kappa shape index (κ3) is 19.5. The molecule has 8 fully saturated rings. The Labute approximate surface area is 431 Å². The van der Waals surface area contributed by atoms with Crippen LogP contribution in [0.3, 0.4) is 0 Å². The second-order valence-corrected chi connectivity index (χ2v) is 20.2. The fourth-order valence-corrected chi connectivity index (χ4v) is 11.3. The van der Waals surface area contributed by atoms with E-state index in [4.69, 9.17) is 41.7 Å². The van der Waals surface area contributed by atoms with Crippen molar-refractivity contribution in [2.45, 2.75) is 230 Å². The molecule has 0 amide bonds. The van der Waals surface area contributed by atoms with Gasteiger partial charge >= 0.3 is 44.8 Å². The van der Waals surface area contributed by atoms with Crippen molar-refractivity contribution < 1.29 is 44.8 Å². The Morgan fingerprint density at radius 2 is 0.455 bits per heavy atom. The van der Waals surface area contributed by atoms with E-state index in [0.717, 1.165) is 74.7 Å². The fraction of sp³-hybridized carbons (Fsp3) is 0.846. The zero-order valence-electron chi connectivity index (χ0n) is 40.4. The van der Waals surface area contributed by atoms with Gasteiger partial charge in [0, 0.05) is 48.5 Å². The SMILES string of the molecule is C(=NN=C(C(=NN=CC1CCCC[N-]1)C1CCCCC1)C1CCCCC1)C1CCCC[N-]1.C(=NN=C(C(=NN=CC1CCCC[N-]1)C1CCCCC1)C1CCCCC1)C1CCCC[N-]1.[Ag+].[Ag+]. The summed E-state index contributed by atoms with van der Waals surface area (Å²) in [5, 5.41) is 56.7. The number of rotatable bonds is 14. The van der Waals surface area contributed by atoms with E-state index in [1.54, 1.807) is 0 Å². The maximum atomic E-state index is 4.88. The monoisotopic (exact) mass is 1090 g/mol. The van der Waals surface area contributed by atoms with Crippen LogP contribution in [0, 0.1) is 23.7 Å². The maximum absolute atomic E-state index is 4.88. The molecule has 0 N–H and O–H groups in total. The molecule has 0 spiro atoms. The topological polar surface area (TPSA) is 155 Å². The third-order valence-corrected chi connectivity index (χ3v) is 15.2. The first kappa shape index (κ1) is 55.6. The second kappa shape index (κ2) is 33.3. The average molecular weight is 1090 g/mol. The summed E-state index contributed by atoms with van der Waals surface area (Å²) in [7, 11) is 0. The van der Waals surface area contributed by atoms with Crippen molar-refractivity contribution in [1.29, 1.82) is 0 Å². The molecule has 4 unspecified atom stereocenters. The summed E-state index contributed by atoms with van der Waals surface area (Å²) in [5.74, 6) is 1.89. The molecule has 0 radical (unpaired) electrons. The summed E-state index contributed by atoms with van der Waals surface area (Å²) in [6, 6.07) is 0.949. The van der Waals surface area contributed by atoms with Crippen LogP contribution in [-0.2, 0) is 44.8 Å². The third-order valence-electron chi connectivity index (χ3n) is 15.2. The summed E-state index contributed by atoms with van der Waals surface area (Å²) in [6.07, 6.45) is 47.4. The van der Waals surface area contributed by atoms with E-state index in [0.29, 0.717) is 23.7 Å². The van der Waals surface area contributed by atoms with Crippen molar-refractivity contribution in [1.82, 2.24) is 0 Å². The van der Waals surface area contributed by atoms with E-state index in [-0.39, 0.29) is 68.9 Å². The minimum Gasteiger partial charge on any atom is -0.655 e. The Hall–Kier alpha value is -1.32. The summed E-state index contributed by atoms with van der Waals surface area (Å²) in [4.78, 5) is 0. The van der Waals surface area contributed by atoms with Gasteiger partial charge in [0.25, 0.3) is 0 Å². The number of piperidine rings is 4. The molecular weight excluding hydrogens is 1010 g/mol. The maximum Gasteiger partial charge on any atom is 1.00 e. The summed E-state index contributed by atoms with van der Waals surface area (Å²) < 4.78 is 0. The molecule has 4 heterocycles. The summed E-state index contributed by atoms with van der Waals surface area (Å²) in [6.45, 7) is 3.86. The molecule has 4 aliphatic carbocycles. The number of hydrogen-bond donors (Lipinski definition) is 0. The number of nitrogens with zero attached hydrogens (tertiary/aromatic N) is 12. The molecule has 8 aliphatic rings. The van der Waals surface area contributed by atoms with Gasteiger partial charge in [-0.2, -0.15) is 40.8 Å². The molecule has 0 aromatic carbocycles. The molecule has 4 saturated carbocycles. The van der Waals surface area contributed by atoms with Crippen LogP contribution in [-0.4, -0.2) is 98.1 Å². The average Bonchev–Trinajstić information content (AvgIpc) is 3.37. The van der Waals surface area contributed by atoms with Crippen LogP contribution in [0.15, 0.2) is 40.8 Å². The molecule has 12 nitrogen and oxygen atoms in total. The molecule has 0 bridgehead atoms. The molecule has 8 rings (SSSR count). The van der Waals surface area contributed by atoms with E-state index < -0.39 is 0 Å². The Bertz CT molecular complexity index is 1330. The Balaban J connectivity index is 0.000000240. The normalized spacial score (nSPS) is 29.5. The van der Waals surface area contributed by atoms with Gasteiger partial charge in [-0.05, 0) is 51.4 Å². The van der Waals surface area contributed by atoms with Crippen molar-refractivity contribution in [3.8, 4) is 0 Å². The second-order valence-electron chi connectivity index (χ2n) is 20.2. The van der Waals surface area contributed by atoms with Gasteiger partial charge in [-0.1, -0.05) is 178 Å². The van der Waals surface area contributed by atoms with Crippen LogP contribution in [0.25, 0.3) is 21.3 Å². The fourth-order valence-electron chi connectivity index (χ4n) is 11.3. The van der Waals surface area contributed by atoms with Gasteiger partial charge in [0.2, 0.25) is 0 Å². The van der Waals surface area contributed by atoms with Crippen molar-refractivity contribution in [2.24, 2.45) is 64.5 Å². The summed E-state index contributed by atoms with van der Waals surface area (Å²) in [5.41, 5.74) is 4.51. The van der Waals surface area contributed by atoms with Gasteiger partial charge in [-0.25, -0.2) is 0 Å². The predicted octanol–water partition coefficient (Wildman–Crippen LogP) is 13.7. The van der Waals surface area contributed by atoms with E-state index in [2.05, 4.69) is 20.4 Å². The first-order valence-corrected chi connectivity index (χ1v) is 26.9. The van der Waals surface area contributed by atoms with Crippen LogP contribution >= 0.6 is 0 Å². The molecule has 4 saturated heterocycles. The molecule has 376 valence electrons. The molecule has 4 atom stereocenters. The molecular formula is C52H84Ag2N12-2. The largest absolute Gasteiger partial charge is 1.00 e. The van der Waals surface area contributed by atoms with Crippen LogP contribution in [0.2, 0.25) is 0 Å². The van der Waals surface area contributed by atoms with Gasteiger partial charge < -0.3 is 21.3 Å². The number of hydrogen-bond acceptors (Lipinski definition) is 8. The molecule has 14 heteroatoms. The Morgan fingerprint density at radius 3 is 0.636 bits per heavy atom. The first-order chi connectivity index (χ1) is 31.8. The Morgan fingerprint density at radius 1 is 0.258 bits per heavy atom. The van der Waals surface area contributed by atoms with Crippen molar-refractivity contribution in [3.05, 3.63) is 21.3 Å². The van der Waals surface area contributed by atoms with Crippen LogP contribution in [0.4, 0.5) is 0 Å². The minimum absolute atomic E-state index is 0. The zero-order chi connectivity index (χ0) is 43.7. The molecule has 66 heavy (non-hydrogen) atoms. The minimum atomic E-state index is 0. The molecule has 4 aliphatic heterocycles. The van der Waals surface area contributed by atoms with Crippen molar-refractivity contribution >= 4 is 47.7 Å². The van der Waals surface area contributed by atoms with Gasteiger partial charge in [0.05, 0.1) is 22.8 Å². The Kier molecular flexibility index (Phi) is 28.1. The zero-order valence-corrected chi connectivity index (χ0v) is 43.3. The quantitative estimate of drug-likeness (QED) is 0.0923. The summed E-state index contributed by atoms with van der Waals surface area (Å²) >= 11 is 0. The van der Waals surface area contributed by atoms with E-state index in [1.165, 1.54) is 180 Å². The van der Waals surface area contributed by atoms with Gasteiger partial charge in [-0.15, -0.1) is 26.2 Å². The smallest absolute Gasteiger partial charge is 0.655 e. The van der Waals surface area contributed by atoms with Crippen LogP contribution in [0.1, 0.15) is 205 Å². The van der Waals surface area contributed by atoms with Crippen molar-refractivity contribution in [3.63, 3.8) is 0 Å². The first-order valence-electron chi connectivity index (χ1n) is 26.9. The van der Waals surface area contributed by atoms with Crippen molar-refractivity contribution in [2.75, 3.05) is 26.2 Å². The van der Waals surface area contributed by atoms with Gasteiger partial charge in [-0.3, -0.25) is 0 Å². The van der Waals surface area contributed by atoms with Crippen LogP contribution in [0.5, 0.6) is 0 Å². The van der Waals surface area contributed by atoms with E-state index >= 15 is 0 Å². The predicted molar refractivity (Wildman–Crippen MR) is 273 cm³/mol. The van der Waals surface area contributed by atoms with E-state index in [1.807, 2.05) is 24.9 Å². The van der Waals surface area contributed by atoms with Gasteiger partial charge in [0.1, 0.15) is 0 Å². The van der Waals surface area contributed by atoms with Gasteiger partial charge in [0.15, 0.2) is 0 Å². The molecule has 0 aromatic heterocycles. The molecule has 0 aromatic rings. The van der Waals surface area contributed by atoms with Crippen LogP contribution < -0.4 is 0 Å².